The van der Waals surface area contributed by atoms with Crippen LogP contribution in [-0.4, -0.2) is 27.0 Å². The molecule has 1 aromatic heterocycles. The minimum absolute atomic E-state index is 0.163. The first-order chi connectivity index (χ1) is 14.1. The maximum Gasteiger partial charge on any atom is 0.252 e. The predicted molar refractivity (Wildman–Crippen MR) is 108 cm³/mol. The summed E-state index contributed by atoms with van der Waals surface area (Å²) in [4.78, 5) is 31.6. The number of amides is 2. The zero-order valence-electron chi connectivity index (χ0n) is 16.4. The first kappa shape index (κ1) is 20.7. The molecule has 0 aliphatic heterocycles. The number of hydrogen-bond acceptors (Lipinski definition) is 6. The van der Waals surface area contributed by atoms with Gasteiger partial charge in [-0.05, 0) is 43.2 Å². The number of aromatic nitrogens is 2. The van der Waals surface area contributed by atoms with E-state index in [4.69, 9.17) is 10.9 Å². The number of hydrogen-bond donors (Lipinski definition) is 4. The lowest BCUT2D eigenvalue weighted by molar-refractivity contribution is -0.129. The molecule has 8 heteroatoms. The van der Waals surface area contributed by atoms with Gasteiger partial charge in [-0.25, -0.2) is 15.4 Å². The summed E-state index contributed by atoms with van der Waals surface area (Å²) in [7, 11) is 0. The maximum atomic E-state index is 11.7. The minimum atomic E-state index is -0.530. The van der Waals surface area contributed by atoms with Crippen LogP contribution in [0.25, 0.3) is 0 Å². The van der Waals surface area contributed by atoms with Gasteiger partial charge in [0, 0.05) is 12.6 Å². The molecule has 1 atom stereocenters. The molecule has 0 spiro atoms. The molecule has 1 aromatic carbocycles. The summed E-state index contributed by atoms with van der Waals surface area (Å²) in [6.07, 6.45) is 7.69. The first-order valence-corrected chi connectivity index (χ1v) is 10.0. The highest BCUT2D eigenvalue weighted by Gasteiger charge is 2.23. The highest BCUT2D eigenvalue weighted by molar-refractivity contribution is 5.93. The summed E-state index contributed by atoms with van der Waals surface area (Å²) in [6.45, 7) is 0. The number of rotatable bonds is 10. The SMILES string of the molecule is NC(=O)c1cnc(NC2CCc3ccccc32)nc1CCCCCCC(=O)NO. The molecular weight excluding hydrogens is 370 g/mol. The third kappa shape index (κ3) is 5.51. The average Bonchev–Trinajstić information content (AvgIpc) is 3.13. The molecule has 0 radical (unpaired) electrons. The van der Waals surface area contributed by atoms with Crippen molar-refractivity contribution in [2.45, 2.75) is 57.4 Å². The molecule has 0 saturated carbocycles. The van der Waals surface area contributed by atoms with E-state index in [9.17, 15) is 9.59 Å². The van der Waals surface area contributed by atoms with E-state index < -0.39 is 5.91 Å². The van der Waals surface area contributed by atoms with E-state index in [-0.39, 0.29) is 11.9 Å². The summed E-state index contributed by atoms with van der Waals surface area (Å²) < 4.78 is 0. The van der Waals surface area contributed by atoms with Gasteiger partial charge >= 0.3 is 0 Å². The molecule has 1 aliphatic carbocycles. The molecule has 5 N–H and O–H groups in total. The monoisotopic (exact) mass is 397 g/mol. The van der Waals surface area contributed by atoms with Crippen LogP contribution >= 0.6 is 0 Å². The van der Waals surface area contributed by atoms with Crippen LogP contribution in [0.5, 0.6) is 0 Å². The van der Waals surface area contributed by atoms with Crippen LogP contribution in [0.1, 0.15) is 71.7 Å². The molecule has 1 aliphatic rings. The van der Waals surface area contributed by atoms with Crippen molar-refractivity contribution in [1.29, 1.82) is 0 Å². The first-order valence-electron chi connectivity index (χ1n) is 10.0. The van der Waals surface area contributed by atoms with Crippen LogP contribution in [0.4, 0.5) is 5.95 Å². The van der Waals surface area contributed by atoms with Gasteiger partial charge in [-0.2, -0.15) is 0 Å². The van der Waals surface area contributed by atoms with E-state index in [1.54, 1.807) is 5.48 Å². The predicted octanol–water partition coefficient (Wildman–Crippen LogP) is 2.67. The van der Waals surface area contributed by atoms with Crippen molar-refractivity contribution in [2.75, 3.05) is 5.32 Å². The number of nitrogens with two attached hydrogens (primary N) is 1. The molecule has 3 rings (SSSR count). The topological polar surface area (TPSA) is 130 Å². The summed E-state index contributed by atoms with van der Waals surface area (Å²) >= 11 is 0. The number of carbonyl (C=O) groups excluding carboxylic acids is 2. The Morgan fingerprint density at radius 1 is 1.17 bits per heavy atom. The van der Waals surface area contributed by atoms with Crippen molar-refractivity contribution in [3.05, 3.63) is 52.8 Å². The van der Waals surface area contributed by atoms with Gasteiger partial charge in [0.1, 0.15) is 0 Å². The van der Waals surface area contributed by atoms with Crippen molar-refractivity contribution >= 4 is 17.8 Å². The maximum absolute atomic E-state index is 11.7. The van der Waals surface area contributed by atoms with E-state index in [1.165, 1.54) is 17.3 Å². The molecule has 154 valence electrons. The number of nitrogens with one attached hydrogen (secondary N) is 2. The van der Waals surface area contributed by atoms with Gasteiger partial charge in [-0.3, -0.25) is 14.8 Å². The van der Waals surface area contributed by atoms with E-state index in [0.29, 0.717) is 36.5 Å². The van der Waals surface area contributed by atoms with Gasteiger partial charge in [0.2, 0.25) is 11.9 Å². The van der Waals surface area contributed by atoms with E-state index in [1.807, 2.05) is 12.1 Å². The Hall–Kier alpha value is -3.00. The number of unbranched alkanes of at least 4 members (excludes halogenated alkanes) is 3. The Morgan fingerprint density at radius 3 is 2.76 bits per heavy atom. The zero-order chi connectivity index (χ0) is 20.6. The Morgan fingerprint density at radius 2 is 1.97 bits per heavy atom. The van der Waals surface area contributed by atoms with Crippen molar-refractivity contribution < 1.29 is 14.8 Å². The fourth-order valence-electron chi connectivity index (χ4n) is 3.73. The van der Waals surface area contributed by atoms with Crippen molar-refractivity contribution in [2.24, 2.45) is 5.73 Å². The quantitative estimate of drug-likeness (QED) is 0.277. The van der Waals surface area contributed by atoms with E-state index in [2.05, 4.69) is 27.4 Å². The molecule has 0 saturated heterocycles. The summed E-state index contributed by atoms with van der Waals surface area (Å²) in [5.74, 6) is -0.398. The van der Waals surface area contributed by atoms with Crippen LogP contribution in [0.15, 0.2) is 30.5 Å². The van der Waals surface area contributed by atoms with Crippen LogP contribution in [0.3, 0.4) is 0 Å². The second-order valence-corrected chi connectivity index (χ2v) is 7.30. The minimum Gasteiger partial charge on any atom is -0.365 e. The number of nitrogens with zero attached hydrogens (tertiary/aromatic N) is 2. The van der Waals surface area contributed by atoms with Gasteiger partial charge in [0.15, 0.2) is 0 Å². The second-order valence-electron chi connectivity index (χ2n) is 7.30. The number of anilines is 1. The van der Waals surface area contributed by atoms with Gasteiger partial charge in [-0.15, -0.1) is 0 Å². The molecular formula is C21H27N5O3. The summed E-state index contributed by atoms with van der Waals surface area (Å²) in [5, 5.41) is 11.9. The lowest BCUT2D eigenvalue weighted by atomic mass is 10.1. The number of benzene rings is 1. The Kier molecular flexibility index (Phi) is 7.13. The van der Waals surface area contributed by atoms with Crippen LogP contribution in [-0.2, 0) is 17.6 Å². The van der Waals surface area contributed by atoms with E-state index in [0.717, 1.165) is 32.1 Å². The number of aryl methyl sites for hydroxylation is 2. The zero-order valence-corrected chi connectivity index (χ0v) is 16.4. The van der Waals surface area contributed by atoms with Crippen molar-refractivity contribution in [3.8, 4) is 0 Å². The highest BCUT2D eigenvalue weighted by Crippen LogP contribution is 2.32. The second kappa shape index (κ2) is 9.97. The number of primary amides is 1. The van der Waals surface area contributed by atoms with Gasteiger partial charge in [0.25, 0.3) is 5.91 Å². The molecule has 1 unspecified atom stereocenters. The molecule has 2 amide bonds. The summed E-state index contributed by atoms with van der Waals surface area (Å²) in [5.41, 5.74) is 10.7. The van der Waals surface area contributed by atoms with Crippen LogP contribution < -0.4 is 16.5 Å². The summed E-state index contributed by atoms with van der Waals surface area (Å²) in [6, 6.07) is 8.51. The fraction of sp³-hybridized carbons (Fsp3) is 0.429. The lowest BCUT2D eigenvalue weighted by Crippen LogP contribution is -2.18. The fourth-order valence-corrected chi connectivity index (χ4v) is 3.73. The van der Waals surface area contributed by atoms with Crippen molar-refractivity contribution in [3.63, 3.8) is 0 Å². The Labute approximate surface area is 169 Å². The number of fused-ring (bicyclic) bond motifs is 1. The molecule has 8 nitrogen and oxygen atoms in total. The number of carbonyl (C=O) groups is 2. The molecule has 29 heavy (non-hydrogen) atoms. The Bertz CT molecular complexity index is 871. The normalized spacial score (nSPS) is 15.0. The molecule has 1 heterocycles. The molecule has 2 aromatic rings. The van der Waals surface area contributed by atoms with Crippen LogP contribution in [0, 0.1) is 0 Å². The lowest BCUT2D eigenvalue weighted by Gasteiger charge is -2.15. The van der Waals surface area contributed by atoms with Gasteiger partial charge in [0.05, 0.1) is 17.3 Å². The standard InChI is InChI=1S/C21H27N5O3/c22-20(28)16-13-23-21(25-18-12-11-14-7-5-6-8-15(14)18)24-17(16)9-3-1-2-4-10-19(27)26-29/h5-8,13,18,29H,1-4,9-12H2,(H2,22,28)(H,26,27)(H,23,24,25). The molecule has 0 fully saturated rings. The van der Waals surface area contributed by atoms with E-state index >= 15 is 0 Å². The Balaban J connectivity index is 1.59. The van der Waals surface area contributed by atoms with Crippen molar-refractivity contribution in [1.82, 2.24) is 15.4 Å². The average molecular weight is 397 g/mol. The smallest absolute Gasteiger partial charge is 0.252 e. The largest absolute Gasteiger partial charge is 0.365 e. The highest BCUT2D eigenvalue weighted by atomic mass is 16.5. The van der Waals surface area contributed by atoms with Crippen LogP contribution in [0.2, 0.25) is 0 Å². The third-order valence-electron chi connectivity index (χ3n) is 5.26. The van der Waals surface area contributed by atoms with Gasteiger partial charge in [-0.1, -0.05) is 37.1 Å². The molecule has 0 bridgehead atoms. The number of hydroxylamine groups is 1. The van der Waals surface area contributed by atoms with Gasteiger partial charge < -0.3 is 11.1 Å². The third-order valence-corrected chi connectivity index (χ3v) is 5.26.